The summed E-state index contributed by atoms with van der Waals surface area (Å²) in [6.07, 6.45) is 3.97. The van der Waals surface area contributed by atoms with Crippen molar-refractivity contribution in [3.8, 4) is 11.4 Å². The summed E-state index contributed by atoms with van der Waals surface area (Å²) in [4.78, 5) is 8.76. The van der Waals surface area contributed by atoms with Crippen LogP contribution in [0.4, 0.5) is 0 Å². The number of nitrogens with zero attached hydrogens (tertiary/aromatic N) is 2. The lowest BCUT2D eigenvalue weighted by Crippen LogP contribution is -2.30. The Balaban J connectivity index is 2.03. The highest BCUT2D eigenvalue weighted by molar-refractivity contribution is 6.54. The molecule has 0 spiro atoms. The van der Waals surface area contributed by atoms with Crippen molar-refractivity contribution in [3.63, 3.8) is 0 Å². The first-order valence-electron chi connectivity index (χ1n) is 6.44. The Labute approximate surface area is 116 Å². The molecule has 0 aromatic carbocycles. The summed E-state index contributed by atoms with van der Waals surface area (Å²) in [5.74, 6) is 0. The van der Waals surface area contributed by atoms with E-state index in [4.69, 9.17) is 4.74 Å². The molecule has 2 aromatic heterocycles. The molecule has 2 rings (SSSR count). The van der Waals surface area contributed by atoms with Gasteiger partial charge < -0.3 is 4.74 Å². The zero-order valence-electron chi connectivity index (χ0n) is 11.5. The quantitative estimate of drug-likeness (QED) is 0.782. The third-order valence-corrected chi connectivity index (χ3v) is 3.71. The Hall–Kier alpha value is -1.52. The van der Waals surface area contributed by atoms with Crippen molar-refractivity contribution in [2.75, 3.05) is 0 Å². The van der Waals surface area contributed by atoms with Crippen LogP contribution in [-0.2, 0) is 4.74 Å². The molecule has 4 heteroatoms. The summed E-state index contributed by atoms with van der Waals surface area (Å²) >= 11 is 0. The van der Waals surface area contributed by atoms with Crippen molar-refractivity contribution >= 4 is 14.7 Å². The first-order valence-corrected chi connectivity index (χ1v) is 7.52. The normalized spacial score (nSPS) is 12.6. The van der Waals surface area contributed by atoms with Crippen LogP contribution in [0.25, 0.3) is 11.4 Å². The van der Waals surface area contributed by atoms with Gasteiger partial charge in [0.05, 0.1) is 17.5 Å². The van der Waals surface area contributed by atoms with Gasteiger partial charge in [0, 0.05) is 18.1 Å². The van der Waals surface area contributed by atoms with Crippen molar-refractivity contribution in [2.45, 2.75) is 32.6 Å². The van der Waals surface area contributed by atoms with Crippen LogP contribution in [0.5, 0.6) is 0 Å². The van der Waals surface area contributed by atoms with Crippen LogP contribution < -0.4 is 5.19 Å². The fourth-order valence-corrected chi connectivity index (χ4v) is 2.95. The van der Waals surface area contributed by atoms with Crippen molar-refractivity contribution in [3.05, 3.63) is 42.7 Å². The van der Waals surface area contributed by atoms with Crippen molar-refractivity contribution in [1.29, 1.82) is 0 Å². The summed E-state index contributed by atoms with van der Waals surface area (Å²) < 4.78 is 5.74. The minimum Gasteiger partial charge on any atom is -0.379 e. The molecule has 3 nitrogen and oxygen atoms in total. The van der Waals surface area contributed by atoms with E-state index in [1.807, 2.05) is 30.5 Å². The molecule has 0 fully saturated rings. The molecule has 1 atom stereocenters. The lowest BCUT2D eigenvalue weighted by Gasteiger charge is -2.15. The zero-order valence-corrected chi connectivity index (χ0v) is 12.5. The van der Waals surface area contributed by atoms with E-state index in [2.05, 4.69) is 36.8 Å². The smallest absolute Gasteiger partial charge is 0.120 e. The second kappa shape index (κ2) is 6.59. The van der Waals surface area contributed by atoms with Gasteiger partial charge in [-0.2, -0.15) is 0 Å². The van der Waals surface area contributed by atoms with Gasteiger partial charge in [0.2, 0.25) is 0 Å². The largest absolute Gasteiger partial charge is 0.379 e. The average molecular weight is 270 g/mol. The predicted octanol–water partition coefficient (Wildman–Crippen LogP) is 2.24. The molecule has 0 saturated heterocycles. The summed E-state index contributed by atoms with van der Waals surface area (Å²) in [7, 11) is 0.620. The van der Waals surface area contributed by atoms with Gasteiger partial charge in [0.1, 0.15) is 9.52 Å². The monoisotopic (exact) mass is 270 g/mol. The number of hydrogen-bond acceptors (Lipinski definition) is 3. The van der Waals surface area contributed by atoms with E-state index < -0.39 is 0 Å². The molecule has 1 unspecified atom stereocenters. The number of hydrogen-bond donors (Lipinski definition) is 0. The van der Waals surface area contributed by atoms with Gasteiger partial charge in [-0.25, -0.2) is 0 Å². The molecular weight excluding hydrogens is 252 g/mol. The molecule has 0 bridgehead atoms. The minimum atomic E-state index is 0.238. The summed E-state index contributed by atoms with van der Waals surface area (Å²) in [5.41, 5.74) is 2.05. The minimum absolute atomic E-state index is 0.238. The van der Waals surface area contributed by atoms with Crippen LogP contribution in [0.1, 0.15) is 20.8 Å². The SMILES string of the molecule is CC(C)OC(C)[Si]c1ccc(-c2ccccn2)nc1. The van der Waals surface area contributed by atoms with Crippen molar-refractivity contribution in [2.24, 2.45) is 0 Å². The molecule has 2 heterocycles. The van der Waals surface area contributed by atoms with E-state index in [0.717, 1.165) is 11.4 Å². The molecular formula is C15H18N2OSi. The molecule has 19 heavy (non-hydrogen) atoms. The van der Waals surface area contributed by atoms with Crippen LogP contribution in [0, 0.1) is 0 Å². The molecule has 0 saturated carbocycles. The highest BCUT2D eigenvalue weighted by Crippen LogP contribution is 2.10. The summed E-state index contributed by atoms with van der Waals surface area (Å²) in [6, 6.07) is 9.97. The maximum absolute atomic E-state index is 5.74. The second-order valence-corrected chi connectivity index (χ2v) is 6.30. The molecule has 2 aromatic rings. The molecule has 0 aliphatic rings. The zero-order chi connectivity index (χ0) is 13.7. The van der Waals surface area contributed by atoms with Crippen LogP contribution in [0.3, 0.4) is 0 Å². The summed E-state index contributed by atoms with van der Waals surface area (Å²) in [6.45, 7) is 6.22. The van der Waals surface area contributed by atoms with Gasteiger partial charge in [-0.15, -0.1) is 0 Å². The van der Waals surface area contributed by atoms with E-state index in [1.165, 1.54) is 5.19 Å². The number of pyridine rings is 2. The van der Waals surface area contributed by atoms with E-state index in [-0.39, 0.29) is 11.8 Å². The molecule has 2 radical (unpaired) electrons. The van der Waals surface area contributed by atoms with Crippen LogP contribution >= 0.6 is 0 Å². The maximum atomic E-state index is 5.74. The first kappa shape index (κ1) is 13.9. The Morgan fingerprint density at radius 3 is 2.37 bits per heavy atom. The lowest BCUT2D eigenvalue weighted by atomic mass is 10.2. The number of ether oxygens (including phenoxy) is 1. The molecule has 0 aliphatic heterocycles. The highest BCUT2D eigenvalue weighted by Gasteiger charge is 2.08. The highest BCUT2D eigenvalue weighted by atomic mass is 28.2. The molecule has 98 valence electrons. The molecule has 0 N–H and O–H groups in total. The average Bonchev–Trinajstić information content (AvgIpc) is 2.39. The van der Waals surface area contributed by atoms with Crippen LogP contribution in [0.2, 0.25) is 0 Å². The fourth-order valence-electron chi connectivity index (χ4n) is 1.82. The van der Waals surface area contributed by atoms with E-state index >= 15 is 0 Å². The standard InChI is InChI=1S/C15H18N2OSi/c1-11(2)18-12(3)19-13-7-8-15(17-10-13)14-6-4-5-9-16-14/h4-12H,1-3H3. The van der Waals surface area contributed by atoms with Gasteiger partial charge in [0.25, 0.3) is 0 Å². The molecule has 0 aliphatic carbocycles. The van der Waals surface area contributed by atoms with Gasteiger partial charge in [-0.05, 0) is 44.2 Å². The lowest BCUT2D eigenvalue weighted by molar-refractivity contribution is 0.0631. The Morgan fingerprint density at radius 1 is 1.00 bits per heavy atom. The number of aromatic nitrogens is 2. The first-order chi connectivity index (χ1) is 9.15. The van der Waals surface area contributed by atoms with Crippen LogP contribution in [-0.4, -0.2) is 31.3 Å². The maximum Gasteiger partial charge on any atom is 0.120 e. The predicted molar refractivity (Wildman–Crippen MR) is 78.5 cm³/mol. The third-order valence-electron chi connectivity index (χ3n) is 2.54. The van der Waals surface area contributed by atoms with Gasteiger partial charge in [-0.1, -0.05) is 12.1 Å². The Morgan fingerprint density at radius 2 is 1.79 bits per heavy atom. The van der Waals surface area contributed by atoms with E-state index in [9.17, 15) is 0 Å². The van der Waals surface area contributed by atoms with Gasteiger partial charge in [-0.3, -0.25) is 9.97 Å². The number of rotatable bonds is 5. The Bertz CT molecular complexity index is 499. The third kappa shape index (κ3) is 4.26. The Kier molecular flexibility index (Phi) is 4.82. The fraction of sp³-hybridized carbons (Fsp3) is 0.333. The van der Waals surface area contributed by atoms with Gasteiger partial charge >= 0.3 is 0 Å². The second-order valence-electron chi connectivity index (χ2n) is 4.62. The van der Waals surface area contributed by atoms with Crippen LogP contribution in [0.15, 0.2) is 42.7 Å². The van der Waals surface area contributed by atoms with E-state index in [1.54, 1.807) is 6.20 Å². The van der Waals surface area contributed by atoms with Gasteiger partial charge in [0.15, 0.2) is 0 Å². The van der Waals surface area contributed by atoms with Crippen molar-refractivity contribution < 1.29 is 4.74 Å². The van der Waals surface area contributed by atoms with Crippen molar-refractivity contribution in [1.82, 2.24) is 9.97 Å². The summed E-state index contributed by atoms with van der Waals surface area (Å²) in [5, 5.41) is 1.22. The molecule has 0 amide bonds. The topological polar surface area (TPSA) is 35.0 Å². The van der Waals surface area contributed by atoms with E-state index in [0.29, 0.717) is 9.52 Å².